The second-order valence-corrected chi connectivity index (χ2v) is 10.2. The summed E-state index contributed by atoms with van der Waals surface area (Å²) in [4.78, 5) is 28.9. The molecule has 0 unspecified atom stereocenters. The summed E-state index contributed by atoms with van der Waals surface area (Å²) in [5, 5.41) is -0.317. The first-order chi connectivity index (χ1) is 15.4. The maximum absolute atomic E-state index is 12.9. The highest BCUT2D eigenvalue weighted by molar-refractivity contribution is 7.89. The molecule has 180 valence electrons. The molecule has 0 aliphatic carbocycles. The van der Waals surface area contributed by atoms with Gasteiger partial charge in [0.25, 0.3) is 21.8 Å². The Morgan fingerprint density at radius 2 is 1.48 bits per heavy atom. The van der Waals surface area contributed by atoms with Gasteiger partial charge in [0, 0.05) is 37.3 Å². The molecule has 1 aliphatic rings. The van der Waals surface area contributed by atoms with E-state index in [1.54, 1.807) is 43.9 Å². The summed E-state index contributed by atoms with van der Waals surface area (Å²) in [6.07, 6.45) is 0. The molecule has 2 heterocycles. The van der Waals surface area contributed by atoms with Crippen LogP contribution in [-0.2, 0) is 10.0 Å². The first-order valence-electron chi connectivity index (χ1n) is 10.4. The standard InChI is InChI=1S/C22H29N3O7S/c1-22(2,3)23-33(28,29)19-9-8-17(32-19)21(27)25-12-10-24(11-13-25)20(26)15-6-7-16(30-4)18(14-15)31-5/h6-9,14,23H,10-13H2,1-5H3. The predicted molar refractivity (Wildman–Crippen MR) is 120 cm³/mol. The molecular weight excluding hydrogens is 450 g/mol. The van der Waals surface area contributed by atoms with Crippen molar-refractivity contribution in [2.75, 3.05) is 40.4 Å². The van der Waals surface area contributed by atoms with E-state index >= 15 is 0 Å². The van der Waals surface area contributed by atoms with Crippen molar-refractivity contribution < 1.29 is 31.9 Å². The van der Waals surface area contributed by atoms with Gasteiger partial charge in [-0.25, -0.2) is 13.1 Å². The number of piperazine rings is 1. The Balaban J connectivity index is 1.64. The minimum atomic E-state index is -3.88. The quantitative estimate of drug-likeness (QED) is 0.673. The molecule has 1 aromatic carbocycles. The van der Waals surface area contributed by atoms with Gasteiger partial charge in [-0.3, -0.25) is 9.59 Å². The summed E-state index contributed by atoms with van der Waals surface area (Å²) >= 11 is 0. The zero-order valence-corrected chi connectivity index (χ0v) is 20.2. The van der Waals surface area contributed by atoms with Gasteiger partial charge in [0.15, 0.2) is 17.3 Å². The van der Waals surface area contributed by atoms with E-state index < -0.39 is 21.5 Å². The van der Waals surface area contributed by atoms with Crippen LogP contribution in [0.15, 0.2) is 39.8 Å². The summed E-state index contributed by atoms with van der Waals surface area (Å²) in [5.74, 6) is 0.320. The van der Waals surface area contributed by atoms with Gasteiger partial charge in [-0.2, -0.15) is 0 Å². The number of sulfonamides is 1. The lowest BCUT2D eigenvalue weighted by molar-refractivity contribution is 0.0514. The van der Waals surface area contributed by atoms with Crippen molar-refractivity contribution in [1.29, 1.82) is 0 Å². The molecule has 2 amide bonds. The number of amides is 2. The molecule has 0 radical (unpaired) electrons. The van der Waals surface area contributed by atoms with Crippen molar-refractivity contribution >= 4 is 21.8 Å². The van der Waals surface area contributed by atoms with Gasteiger partial charge in [-0.1, -0.05) is 0 Å². The van der Waals surface area contributed by atoms with Crippen molar-refractivity contribution in [2.45, 2.75) is 31.4 Å². The first kappa shape index (κ1) is 24.6. The van der Waals surface area contributed by atoms with E-state index in [0.29, 0.717) is 43.2 Å². The largest absolute Gasteiger partial charge is 0.493 e. The van der Waals surface area contributed by atoms with Crippen LogP contribution in [0.3, 0.4) is 0 Å². The Hall–Kier alpha value is -3.05. The smallest absolute Gasteiger partial charge is 0.289 e. The number of ether oxygens (including phenoxy) is 2. The molecule has 1 N–H and O–H groups in total. The Kier molecular flexibility index (Phi) is 7.03. The fourth-order valence-electron chi connectivity index (χ4n) is 3.45. The van der Waals surface area contributed by atoms with Crippen molar-refractivity contribution in [2.24, 2.45) is 0 Å². The summed E-state index contributed by atoms with van der Waals surface area (Å²) < 4.78 is 43.1. The highest BCUT2D eigenvalue weighted by Crippen LogP contribution is 2.28. The number of carbonyl (C=O) groups excluding carboxylic acids is 2. The number of hydrogen-bond donors (Lipinski definition) is 1. The van der Waals surface area contributed by atoms with Crippen LogP contribution in [0.2, 0.25) is 0 Å². The second-order valence-electron chi connectivity index (χ2n) is 8.63. The lowest BCUT2D eigenvalue weighted by Gasteiger charge is -2.34. The molecule has 1 saturated heterocycles. The number of carbonyl (C=O) groups is 2. The van der Waals surface area contributed by atoms with Crippen LogP contribution in [0, 0.1) is 0 Å². The molecule has 0 spiro atoms. The summed E-state index contributed by atoms with van der Waals surface area (Å²) in [7, 11) is -0.860. The van der Waals surface area contributed by atoms with Crippen LogP contribution in [-0.4, -0.2) is 76.0 Å². The van der Waals surface area contributed by atoms with Crippen LogP contribution in [0.5, 0.6) is 11.5 Å². The maximum atomic E-state index is 12.9. The van der Waals surface area contributed by atoms with E-state index in [1.165, 1.54) is 31.3 Å². The second kappa shape index (κ2) is 9.44. The average molecular weight is 480 g/mol. The van der Waals surface area contributed by atoms with E-state index in [2.05, 4.69) is 4.72 Å². The summed E-state index contributed by atoms with van der Waals surface area (Å²) in [6, 6.07) is 7.56. The third kappa shape index (κ3) is 5.66. The molecule has 0 saturated carbocycles. The molecule has 1 aromatic heterocycles. The van der Waals surface area contributed by atoms with Crippen molar-refractivity contribution in [3.05, 3.63) is 41.7 Å². The average Bonchev–Trinajstić information content (AvgIpc) is 3.27. The molecule has 33 heavy (non-hydrogen) atoms. The molecule has 0 bridgehead atoms. The third-order valence-electron chi connectivity index (χ3n) is 4.98. The van der Waals surface area contributed by atoms with E-state index in [1.807, 2.05) is 0 Å². The number of rotatable bonds is 6. The molecule has 3 rings (SSSR count). The zero-order chi connectivity index (χ0) is 24.4. The minimum absolute atomic E-state index is 0.0658. The number of nitrogens with zero attached hydrogens (tertiary/aromatic N) is 2. The third-order valence-corrected chi connectivity index (χ3v) is 6.61. The monoisotopic (exact) mass is 479 g/mol. The molecule has 1 fully saturated rings. The van der Waals surface area contributed by atoms with Gasteiger partial charge in [-0.05, 0) is 51.1 Å². The SMILES string of the molecule is COc1ccc(C(=O)N2CCN(C(=O)c3ccc(S(=O)(=O)NC(C)(C)C)o3)CC2)cc1OC. The van der Waals surface area contributed by atoms with E-state index in [-0.39, 0.29) is 16.8 Å². The lowest BCUT2D eigenvalue weighted by Crippen LogP contribution is -2.50. The van der Waals surface area contributed by atoms with Gasteiger partial charge >= 0.3 is 0 Å². The number of furan rings is 1. The Labute approximate surface area is 193 Å². The molecular formula is C22H29N3O7S. The number of nitrogens with one attached hydrogen (secondary N) is 1. The Bertz CT molecular complexity index is 1130. The van der Waals surface area contributed by atoms with Crippen LogP contribution >= 0.6 is 0 Å². The highest BCUT2D eigenvalue weighted by Gasteiger charge is 2.30. The summed E-state index contributed by atoms with van der Waals surface area (Å²) in [5.41, 5.74) is -0.230. The fourth-order valence-corrected chi connectivity index (χ4v) is 4.81. The number of methoxy groups -OCH3 is 2. The van der Waals surface area contributed by atoms with Gasteiger partial charge in [0.05, 0.1) is 14.2 Å². The summed E-state index contributed by atoms with van der Waals surface area (Å²) in [6.45, 7) is 6.38. The van der Waals surface area contributed by atoms with E-state index in [4.69, 9.17) is 13.9 Å². The van der Waals surface area contributed by atoms with Gasteiger partial charge in [0.2, 0.25) is 5.09 Å². The predicted octanol–water partition coefficient (Wildman–Crippen LogP) is 1.97. The van der Waals surface area contributed by atoms with Crippen LogP contribution in [0.25, 0.3) is 0 Å². The maximum Gasteiger partial charge on any atom is 0.289 e. The van der Waals surface area contributed by atoms with E-state index in [0.717, 1.165) is 0 Å². The van der Waals surface area contributed by atoms with Crippen molar-refractivity contribution in [3.63, 3.8) is 0 Å². The molecule has 0 atom stereocenters. The topological polar surface area (TPSA) is 118 Å². The number of benzene rings is 1. The van der Waals surface area contributed by atoms with Crippen LogP contribution < -0.4 is 14.2 Å². The molecule has 10 nitrogen and oxygen atoms in total. The van der Waals surface area contributed by atoms with Gasteiger partial charge in [-0.15, -0.1) is 0 Å². The van der Waals surface area contributed by atoms with Gasteiger partial charge < -0.3 is 23.7 Å². The molecule has 11 heteroatoms. The molecule has 2 aromatic rings. The van der Waals surface area contributed by atoms with Crippen molar-refractivity contribution in [1.82, 2.24) is 14.5 Å². The van der Waals surface area contributed by atoms with Gasteiger partial charge in [0.1, 0.15) is 0 Å². The van der Waals surface area contributed by atoms with Crippen LogP contribution in [0.4, 0.5) is 0 Å². The van der Waals surface area contributed by atoms with Crippen LogP contribution in [0.1, 0.15) is 41.7 Å². The Morgan fingerprint density at radius 1 is 0.909 bits per heavy atom. The Morgan fingerprint density at radius 3 is 2.03 bits per heavy atom. The first-order valence-corrected chi connectivity index (χ1v) is 11.9. The zero-order valence-electron chi connectivity index (χ0n) is 19.4. The van der Waals surface area contributed by atoms with E-state index in [9.17, 15) is 18.0 Å². The lowest BCUT2D eigenvalue weighted by atomic mass is 10.1. The minimum Gasteiger partial charge on any atom is -0.493 e. The normalized spacial score (nSPS) is 14.8. The fraction of sp³-hybridized carbons (Fsp3) is 0.455. The van der Waals surface area contributed by atoms with Crippen molar-refractivity contribution in [3.8, 4) is 11.5 Å². The molecule has 1 aliphatic heterocycles. The highest BCUT2D eigenvalue weighted by atomic mass is 32.2. The number of hydrogen-bond acceptors (Lipinski definition) is 7.